The average Bonchev–Trinajstić information content (AvgIpc) is 1.86. The molecule has 0 N–H and O–H groups in total. The highest BCUT2D eigenvalue weighted by Crippen LogP contribution is 2.02. The number of hydrogen-bond donors (Lipinski definition) is 1. The van der Waals surface area contributed by atoms with Gasteiger partial charge in [0.15, 0.2) is 5.09 Å². The summed E-state index contributed by atoms with van der Waals surface area (Å²) in [6.45, 7) is 0. The molecule has 0 aliphatic rings. The lowest BCUT2D eigenvalue weighted by atomic mass is 10.7. The third-order valence-corrected chi connectivity index (χ3v) is 0.761. The van der Waals surface area contributed by atoms with Crippen molar-refractivity contribution in [2.75, 3.05) is 0 Å². The van der Waals surface area contributed by atoms with E-state index in [1.165, 1.54) is 0 Å². The van der Waals surface area contributed by atoms with Crippen LogP contribution in [0.2, 0.25) is 0 Å². The third-order valence-electron chi connectivity index (χ3n) is 0.506. The molecule has 0 unspecified atom stereocenters. The smallest absolute Gasteiger partial charge is 0.156 e. The van der Waals surface area contributed by atoms with Crippen LogP contribution in [0.5, 0.6) is 0 Å². The van der Waals surface area contributed by atoms with Crippen LogP contribution in [0.4, 0.5) is 0 Å². The molecular formula is C4H4OS. The minimum atomic E-state index is 0.662. The molecule has 0 aliphatic heterocycles. The van der Waals surface area contributed by atoms with Crippen LogP contribution in [0.3, 0.4) is 0 Å². The molecule has 0 atom stereocenters. The van der Waals surface area contributed by atoms with Crippen molar-refractivity contribution in [1.29, 1.82) is 0 Å². The molecule has 0 aromatic carbocycles. The Morgan fingerprint density at radius 2 is 2.50 bits per heavy atom. The summed E-state index contributed by atoms with van der Waals surface area (Å²) in [6.07, 6.45) is 1.59. The second-order valence-electron chi connectivity index (χ2n) is 0.951. The Bertz CT molecular complexity index is 111. The quantitative estimate of drug-likeness (QED) is 0.488. The lowest BCUT2D eigenvalue weighted by Crippen LogP contribution is -1.37. The van der Waals surface area contributed by atoms with Gasteiger partial charge in [0.05, 0.1) is 6.26 Å². The predicted molar refractivity (Wildman–Crippen MR) is 26.0 cm³/mol. The van der Waals surface area contributed by atoms with Crippen molar-refractivity contribution in [3.05, 3.63) is 18.4 Å². The summed E-state index contributed by atoms with van der Waals surface area (Å²) in [4.78, 5) is 0. The van der Waals surface area contributed by atoms with Gasteiger partial charge in [-0.15, -0.1) is 12.6 Å². The normalized spacial score (nSPS) is 8.83. The van der Waals surface area contributed by atoms with Gasteiger partial charge in [-0.1, -0.05) is 0 Å². The maximum absolute atomic E-state index is 4.70. The minimum Gasteiger partial charge on any atom is -0.458 e. The summed E-state index contributed by atoms with van der Waals surface area (Å²) in [5.74, 6) is 0. The van der Waals surface area contributed by atoms with Crippen molar-refractivity contribution in [1.82, 2.24) is 0 Å². The van der Waals surface area contributed by atoms with E-state index in [-0.39, 0.29) is 0 Å². The Labute approximate surface area is 41.4 Å². The van der Waals surface area contributed by atoms with Crippen molar-refractivity contribution in [3.8, 4) is 0 Å². The highest BCUT2D eigenvalue weighted by atomic mass is 32.1. The van der Waals surface area contributed by atoms with Gasteiger partial charge in [0, 0.05) is 0 Å². The molecule has 6 heavy (non-hydrogen) atoms. The van der Waals surface area contributed by atoms with E-state index in [0.29, 0.717) is 5.09 Å². The Morgan fingerprint density at radius 1 is 1.67 bits per heavy atom. The molecule has 0 spiro atoms. The van der Waals surface area contributed by atoms with E-state index < -0.39 is 0 Å². The molecule has 1 nitrogen and oxygen atoms in total. The lowest BCUT2D eigenvalue weighted by molar-refractivity contribution is 0.476. The fourth-order valence-electron chi connectivity index (χ4n) is 0.270. The number of furan rings is 1. The fraction of sp³-hybridized carbons (Fsp3) is 0. The van der Waals surface area contributed by atoms with Crippen molar-refractivity contribution in [2.24, 2.45) is 0 Å². The summed E-state index contributed by atoms with van der Waals surface area (Å²) >= 11 is 3.87. The Hall–Kier alpha value is -0.370. The molecule has 0 saturated heterocycles. The van der Waals surface area contributed by atoms with Gasteiger partial charge in [0.25, 0.3) is 0 Å². The van der Waals surface area contributed by atoms with Crippen LogP contribution in [0.15, 0.2) is 27.9 Å². The van der Waals surface area contributed by atoms with Gasteiger partial charge in [-0.2, -0.15) is 0 Å². The maximum atomic E-state index is 4.70. The third kappa shape index (κ3) is 0.571. The van der Waals surface area contributed by atoms with E-state index in [1.807, 2.05) is 0 Å². The highest BCUT2D eigenvalue weighted by molar-refractivity contribution is 7.80. The summed E-state index contributed by atoms with van der Waals surface area (Å²) in [5, 5.41) is 0.662. The van der Waals surface area contributed by atoms with Crippen LogP contribution in [-0.2, 0) is 0 Å². The van der Waals surface area contributed by atoms with Gasteiger partial charge in [-0.25, -0.2) is 0 Å². The summed E-state index contributed by atoms with van der Waals surface area (Å²) in [5.41, 5.74) is 0. The fourth-order valence-corrected chi connectivity index (χ4v) is 0.417. The van der Waals surface area contributed by atoms with Gasteiger partial charge in [0.1, 0.15) is 0 Å². The minimum absolute atomic E-state index is 0.662. The van der Waals surface area contributed by atoms with E-state index in [2.05, 4.69) is 12.6 Å². The first kappa shape index (κ1) is 3.81. The van der Waals surface area contributed by atoms with Crippen molar-refractivity contribution >= 4 is 12.6 Å². The van der Waals surface area contributed by atoms with E-state index in [4.69, 9.17) is 4.42 Å². The van der Waals surface area contributed by atoms with Crippen molar-refractivity contribution in [3.63, 3.8) is 0 Å². The zero-order valence-corrected chi connectivity index (χ0v) is 3.98. The molecule has 1 aromatic rings. The second kappa shape index (κ2) is 1.39. The number of hydrogen-bond acceptors (Lipinski definition) is 2. The number of rotatable bonds is 0. The molecule has 0 radical (unpaired) electrons. The molecule has 1 rings (SSSR count). The molecular weight excluding hydrogens is 96.1 g/mol. The van der Waals surface area contributed by atoms with E-state index in [9.17, 15) is 0 Å². The first-order chi connectivity index (χ1) is 2.89. The van der Waals surface area contributed by atoms with Crippen LogP contribution in [0.25, 0.3) is 0 Å². The number of thiol groups is 1. The van der Waals surface area contributed by atoms with Crippen molar-refractivity contribution in [2.45, 2.75) is 5.09 Å². The molecule has 0 saturated carbocycles. The largest absolute Gasteiger partial charge is 0.458 e. The zero-order chi connectivity index (χ0) is 4.41. The van der Waals surface area contributed by atoms with Crippen LogP contribution in [0.1, 0.15) is 0 Å². The molecule has 1 heterocycles. The van der Waals surface area contributed by atoms with E-state index in [0.717, 1.165) is 0 Å². The van der Waals surface area contributed by atoms with Crippen molar-refractivity contribution < 1.29 is 4.42 Å². The second-order valence-corrected chi connectivity index (χ2v) is 1.39. The standard InChI is InChI=1S/C4H4OS/c6-4-2-1-3-5-4/h1-3,6H. The maximum Gasteiger partial charge on any atom is 0.156 e. The Kier molecular flexibility index (Phi) is 0.881. The molecule has 0 bridgehead atoms. The summed E-state index contributed by atoms with van der Waals surface area (Å²) in [6, 6.07) is 3.57. The molecule has 0 aliphatic carbocycles. The van der Waals surface area contributed by atoms with Crippen LogP contribution in [0, 0.1) is 0 Å². The average molecular weight is 100 g/mol. The van der Waals surface area contributed by atoms with Gasteiger partial charge in [-0.3, -0.25) is 0 Å². The zero-order valence-electron chi connectivity index (χ0n) is 3.09. The first-order valence-corrected chi connectivity index (χ1v) is 2.07. The molecule has 1 aromatic heterocycles. The Morgan fingerprint density at radius 3 is 2.67 bits per heavy atom. The van der Waals surface area contributed by atoms with E-state index in [1.54, 1.807) is 18.4 Å². The predicted octanol–water partition coefficient (Wildman–Crippen LogP) is 1.57. The monoisotopic (exact) mass is 100.0 g/mol. The lowest BCUT2D eigenvalue weighted by Gasteiger charge is -1.67. The topological polar surface area (TPSA) is 13.1 Å². The van der Waals surface area contributed by atoms with Gasteiger partial charge in [-0.05, 0) is 12.1 Å². The van der Waals surface area contributed by atoms with Crippen LogP contribution < -0.4 is 0 Å². The van der Waals surface area contributed by atoms with E-state index >= 15 is 0 Å². The van der Waals surface area contributed by atoms with Crippen LogP contribution >= 0.6 is 12.6 Å². The van der Waals surface area contributed by atoms with Gasteiger partial charge < -0.3 is 4.42 Å². The van der Waals surface area contributed by atoms with Gasteiger partial charge in [0.2, 0.25) is 0 Å². The summed E-state index contributed by atoms with van der Waals surface area (Å²) in [7, 11) is 0. The molecule has 0 amide bonds. The molecule has 0 fully saturated rings. The van der Waals surface area contributed by atoms with Gasteiger partial charge >= 0.3 is 0 Å². The van der Waals surface area contributed by atoms with Crippen LogP contribution in [-0.4, -0.2) is 0 Å². The SMILES string of the molecule is Sc1ccco1. The highest BCUT2D eigenvalue weighted by Gasteiger charge is 1.77. The molecule has 32 valence electrons. The summed E-state index contributed by atoms with van der Waals surface area (Å²) < 4.78 is 4.70. The first-order valence-electron chi connectivity index (χ1n) is 1.62. The molecule has 2 heteroatoms. The Balaban J connectivity index is 3.05.